The zero-order chi connectivity index (χ0) is 13.5. The Hall–Kier alpha value is -1.26. The summed E-state index contributed by atoms with van der Waals surface area (Å²) in [5.74, 6) is 6.18. The lowest BCUT2D eigenvalue weighted by Gasteiger charge is -2.24. The number of halogens is 1. The number of aliphatic imine (C=N–C) groups is 1. The maximum absolute atomic E-state index is 5.85. The molecule has 2 rings (SSSR count). The van der Waals surface area contributed by atoms with Gasteiger partial charge in [-0.05, 0) is 30.5 Å². The van der Waals surface area contributed by atoms with Crippen molar-refractivity contribution in [2.24, 2.45) is 10.8 Å². The monoisotopic (exact) mass is 280 g/mol. The van der Waals surface area contributed by atoms with Crippen LogP contribution in [-0.4, -0.2) is 12.0 Å². The minimum atomic E-state index is 0.494. The van der Waals surface area contributed by atoms with Gasteiger partial charge in [0.2, 0.25) is 5.96 Å². The summed E-state index contributed by atoms with van der Waals surface area (Å²) in [4.78, 5) is 4.46. The molecule has 0 aromatic heterocycles. The average molecular weight is 281 g/mol. The lowest BCUT2D eigenvalue weighted by Crippen LogP contribution is -2.47. The minimum absolute atomic E-state index is 0.494. The summed E-state index contributed by atoms with van der Waals surface area (Å²) >= 11 is 5.85. The summed E-state index contributed by atoms with van der Waals surface area (Å²) in [5.41, 5.74) is 3.76. The first-order valence-electron chi connectivity index (χ1n) is 6.80. The van der Waals surface area contributed by atoms with E-state index in [2.05, 4.69) is 15.7 Å². The SMILES string of the molecule is NNC(=NCc1ccc(Cl)cc1)NC1CCCCC1. The normalized spacial score (nSPS) is 17.3. The zero-order valence-corrected chi connectivity index (χ0v) is 11.8. The van der Waals surface area contributed by atoms with Gasteiger partial charge in [-0.1, -0.05) is 43.0 Å². The predicted octanol–water partition coefficient (Wildman–Crippen LogP) is 2.58. The van der Waals surface area contributed by atoms with Gasteiger partial charge in [-0.25, -0.2) is 10.8 Å². The van der Waals surface area contributed by atoms with Crippen molar-refractivity contribution in [1.82, 2.24) is 10.7 Å². The summed E-state index contributed by atoms with van der Waals surface area (Å²) in [6.45, 7) is 0.594. The lowest BCUT2D eigenvalue weighted by atomic mass is 9.96. The number of nitrogens with zero attached hydrogens (tertiary/aromatic N) is 1. The van der Waals surface area contributed by atoms with Gasteiger partial charge in [0.15, 0.2) is 0 Å². The molecule has 4 N–H and O–H groups in total. The number of hydrogen-bond acceptors (Lipinski definition) is 2. The summed E-state index contributed by atoms with van der Waals surface area (Å²) in [6, 6.07) is 8.18. The first kappa shape index (κ1) is 14.2. The fourth-order valence-corrected chi connectivity index (χ4v) is 2.46. The molecule has 0 atom stereocenters. The van der Waals surface area contributed by atoms with Crippen molar-refractivity contribution in [2.45, 2.75) is 44.7 Å². The third-order valence-corrected chi connectivity index (χ3v) is 3.67. The van der Waals surface area contributed by atoms with Gasteiger partial charge in [0.25, 0.3) is 0 Å². The van der Waals surface area contributed by atoms with Crippen LogP contribution in [-0.2, 0) is 6.54 Å². The van der Waals surface area contributed by atoms with Crippen molar-refractivity contribution >= 4 is 17.6 Å². The Morgan fingerprint density at radius 1 is 1.21 bits per heavy atom. The van der Waals surface area contributed by atoms with Crippen LogP contribution >= 0.6 is 11.6 Å². The number of guanidine groups is 1. The first-order valence-corrected chi connectivity index (χ1v) is 7.18. The van der Waals surface area contributed by atoms with Crippen LogP contribution in [0.1, 0.15) is 37.7 Å². The van der Waals surface area contributed by atoms with Crippen LogP contribution in [0.15, 0.2) is 29.3 Å². The van der Waals surface area contributed by atoms with Crippen molar-refractivity contribution in [3.8, 4) is 0 Å². The average Bonchev–Trinajstić information content (AvgIpc) is 2.46. The number of hydrogen-bond donors (Lipinski definition) is 3. The molecule has 104 valence electrons. The van der Waals surface area contributed by atoms with Crippen LogP contribution in [0.3, 0.4) is 0 Å². The van der Waals surface area contributed by atoms with Crippen LogP contribution in [0.25, 0.3) is 0 Å². The Morgan fingerprint density at radius 3 is 2.53 bits per heavy atom. The van der Waals surface area contributed by atoms with Gasteiger partial charge in [-0.2, -0.15) is 0 Å². The second kappa shape index (κ2) is 7.36. The molecular weight excluding hydrogens is 260 g/mol. The highest BCUT2D eigenvalue weighted by Crippen LogP contribution is 2.17. The minimum Gasteiger partial charge on any atom is -0.353 e. The summed E-state index contributed by atoms with van der Waals surface area (Å²) in [6.07, 6.45) is 6.30. The highest BCUT2D eigenvalue weighted by atomic mass is 35.5. The topological polar surface area (TPSA) is 62.4 Å². The van der Waals surface area contributed by atoms with E-state index >= 15 is 0 Å². The van der Waals surface area contributed by atoms with Crippen molar-refractivity contribution in [3.05, 3.63) is 34.9 Å². The smallest absolute Gasteiger partial charge is 0.206 e. The molecule has 0 amide bonds. The molecule has 0 spiro atoms. The van der Waals surface area contributed by atoms with Gasteiger partial charge < -0.3 is 5.32 Å². The molecule has 0 aliphatic heterocycles. The molecule has 1 aromatic carbocycles. The molecule has 1 fully saturated rings. The van der Waals surface area contributed by atoms with Crippen LogP contribution in [0, 0.1) is 0 Å². The van der Waals surface area contributed by atoms with Gasteiger partial charge in [0, 0.05) is 11.1 Å². The standard InChI is InChI=1S/C14H21ClN4/c15-12-8-6-11(7-9-12)10-17-14(19-16)18-13-4-2-1-3-5-13/h6-9,13H,1-5,10,16H2,(H2,17,18,19). The van der Waals surface area contributed by atoms with Crippen molar-refractivity contribution in [3.63, 3.8) is 0 Å². The number of rotatable bonds is 3. The lowest BCUT2D eigenvalue weighted by molar-refractivity contribution is 0.410. The molecule has 0 unspecified atom stereocenters. The van der Waals surface area contributed by atoms with Crippen LogP contribution < -0.4 is 16.6 Å². The molecule has 1 saturated carbocycles. The predicted molar refractivity (Wildman–Crippen MR) is 79.9 cm³/mol. The quantitative estimate of drug-likeness (QED) is 0.345. The third kappa shape index (κ3) is 4.73. The van der Waals surface area contributed by atoms with E-state index in [9.17, 15) is 0 Å². The van der Waals surface area contributed by atoms with E-state index in [0.29, 0.717) is 18.5 Å². The van der Waals surface area contributed by atoms with Gasteiger partial charge in [0.05, 0.1) is 6.54 Å². The summed E-state index contributed by atoms with van der Waals surface area (Å²) in [5, 5.41) is 4.12. The van der Waals surface area contributed by atoms with Gasteiger partial charge in [-0.15, -0.1) is 0 Å². The van der Waals surface area contributed by atoms with Crippen molar-refractivity contribution < 1.29 is 0 Å². The zero-order valence-electron chi connectivity index (χ0n) is 11.0. The maximum atomic E-state index is 5.85. The molecular formula is C14H21ClN4. The summed E-state index contributed by atoms with van der Waals surface area (Å²) in [7, 11) is 0. The Balaban J connectivity index is 1.88. The number of nitrogens with one attached hydrogen (secondary N) is 2. The Labute approximate surface area is 119 Å². The van der Waals surface area contributed by atoms with E-state index < -0.39 is 0 Å². The fourth-order valence-electron chi connectivity index (χ4n) is 2.33. The molecule has 1 aliphatic carbocycles. The highest BCUT2D eigenvalue weighted by Gasteiger charge is 2.13. The fraction of sp³-hybridized carbons (Fsp3) is 0.500. The molecule has 4 nitrogen and oxygen atoms in total. The van der Waals surface area contributed by atoms with E-state index in [1.54, 1.807) is 0 Å². The number of nitrogens with two attached hydrogens (primary N) is 1. The third-order valence-electron chi connectivity index (χ3n) is 3.42. The van der Waals surface area contributed by atoms with E-state index in [-0.39, 0.29) is 0 Å². The second-order valence-electron chi connectivity index (χ2n) is 4.91. The van der Waals surface area contributed by atoms with Gasteiger partial charge >= 0.3 is 0 Å². The van der Waals surface area contributed by atoms with Crippen LogP contribution in [0.4, 0.5) is 0 Å². The molecule has 1 aromatic rings. The molecule has 0 radical (unpaired) electrons. The first-order chi connectivity index (χ1) is 9.28. The number of benzene rings is 1. The van der Waals surface area contributed by atoms with E-state index in [1.807, 2.05) is 24.3 Å². The summed E-state index contributed by atoms with van der Waals surface area (Å²) < 4.78 is 0. The molecule has 0 heterocycles. The van der Waals surface area contributed by atoms with Crippen molar-refractivity contribution in [1.29, 1.82) is 0 Å². The molecule has 0 bridgehead atoms. The maximum Gasteiger partial charge on any atom is 0.206 e. The molecule has 0 saturated heterocycles. The Kier molecular flexibility index (Phi) is 5.48. The Morgan fingerprint density at radius 2 is 1.89 bits per heavy atom. The van der Waals surface area contributed by atoms with Gasteiger partial charge in [-0.3, -0.25) is 5.43 Å². The second-order valence-corrected chi connectivity index (χ2v) is 5.35. The van der Waals surface area contributed by atoms with Crippen molar-refractivity contribution in [2.75, 3.05) is 0 Å². The van der Waals surface area contributed by atoms with Crippen LogP contribution in [0.5, 0.6) is 0 Å². The Bertz CT molecular complexity index is 410. The number of hydrazine groups is 1. The van der Waals surface area contributed by atoms with Gasteiger partial charge in [0.1, 0.15) is 0 Å². The largest absolute Gasteiger partial charge is 0.353 e. The van der Waals surface area contributed by atoms with E-state index in [0.717, 1.165) is 10.6 Å². The van der Waals surface area contributed by atoms with E-state index in [4.69, 9.17) is 17.4 Å². The molecule has 5 heteroatoms. The van der Waals surface area contributed by atoms with Crippen LogP contribution in [0.2, 0.25) is 5.02 Å². The highest BCUT2D eigenvalue weighted by molar-refractivity contribution is 6.30. The molecule has 1 aliphatic rings. The van der Waals surface area contributed by atoms with E-state index in [1.165, 1.54) is 32.1 Å². The molecule has 19 heavy (non-hydrogen) atoms.